The minimum atomic E-state index is -1.52. The SMILES string of the molecule is O=C(O)CNC(=O)CNC(=O)[C@H](Cc1ccccc1)NC(=O)CCC(=O)OC[C@@H](NC(=O)C(Cl)Cl)[C@H](O)c1ccc([N+](=O)[O-])cc1. The Kier molecular flexibility index (Phi) is 15.3. The summed E-state index contributed by atoms with van der Waals surface area (Å²) in [6.45, 7) is -1.77. The van der Waals surface area contributed by atoms with Gasteiger partial charge in [-0.1, -0.05) is 53.5 Å². The average molecular weight is 684 g/mol. The number of nitrogens with one attached hydrogen (secondary N) is 4. The van der Waals surface area contributed by atoms with Gasteiger partial charge < -0.3 is 36.2 Å². The second-order valence-corrected chi connectivity index (χ2v) is 10.7. The van der Waals surface area contributed by atoms with Crippen molar-refractivity contribution in [1.29, 1.82) is 0 Å². The molecule has 0 radical (unpaired) electrons. The molecule has 0 aliphatic heterocycles. The smallest absolute Gasteiger partial charge is 0.322 e. The first-order valence-electron chi connectivity index (χ1n) is 13.5. The van der Waals surface area contributed by atoms with Crippen LogP contribution in [0, 0.1) is 10.1 Å². The van der Waals surface area contributed by atoms with Crippen molar-refractivity contribution in [2.24, 2.45) is 0 Å². The second-order valence-electron chi connectivity index (χ2n) is 9.59. The lowest BCUT2D eigenvalue weighted by molar-refractivity contribution is -0.384. The van der Waals surface area contributed by atoms with Gasteiger partial charge >= 0.3 is 11.9 Å². The Labute approximate surface area is 271 Å². The maximum absolute atomic E-state index is 12.8. The molecule has 0 aliphatic carbocycles. The van der Waals surface area contributed by atoms with Crippen LogP contribution in [0.25, 0.3) is 0 Å². The molecule has 0 saturated heterocycles. The van der Waals surface area contributed by atoms with Crippen molar-refractivity contribution in [1.82, 2.24) is 21.3 Å². The summed E-state index contributed by atoms with van der Waals surface area (Å²) in [7, 11) is 0. The molecule has 18 heteroatoms. The zero-order valence-corrected chi connectivity index (χ0v) is 25.5. The van der Waals surface area contributed by atoms with Gasteiger partial charge in [0.25, 0.3) is 11.6 Å². The summed E-state index contributed by atoms with van der Waals surface area (Å²) in [5.74, 6) is -5.30. The molecule has 6 N–H and O–H groups in total. The minimum Gasteiger partial charge on any atom is -0.480 e. The predicted molar refractivity (Wildman–Crippen MR) is 161 cm³/mol. The lowest BCUT2D eigenvalue weighted by Crippen LogP contribution is -2.50. The monoisotopic (exact) mass is 683 g/mol. The summed E-state index contributed by atoms with van der Waals surface area (Å²) < 4.78 is 5.14. The lowest BCUT2D eigenvalue weighted by atomic mass is 10.0. The van der Waals surface area contributed by atoms with Crippen molar-refractivity contribution < 1.29 is 48.6 Å². The summed E-state index contributed by atoms with van der Waals surface area (Å²) in [4.78, 5) is 81.1. The number of halogens is 2. The highest BCUT2D eigenvalue weighted by molar-refractivity contribution is 6.53. The fourth-order valence-electron chi connectivity index (χ4n) is 3.81. The summed E-state index contributed by atoms with van der Waals surface area (Å²) in [6.07, 6.45) is -2.37. The molecule has 46 heavy (non-hydrogen) atoms. The van der Waals surface area contributed by atoms with Crippen molar-refractivity contribution in [3.8, 4) is 0 Å². The van der Waals surface area contributed by atoms with E-state index in [2.05, 4.69) is 21.3 Å². The number of carbonyl (C=O) groups excluding carboxylic acids is 5. The molecule has 0 unspecified atom stereocenters. The zero-order valence-electron chi connectivity index (χ0n) is 24.0. The van der Waals surface area contributed by atoms with Gasteiger partial charge in [-0.05, 0) is 23.3 Å². The molecule has 0 aromatic heterocycles. The number of esters is 1. The van der Waals surface area contributed by atoms with Crippen molar-refractivity contribution in [2.45, 2.75) is 42.3 Å². The van der Waals surface area contributed by atoms with E-state index < -0.39 is 96.1 Å². The van der Waals surface area contributed by atoms with Crippen LogP contribution in [0.3, 0.4) is 0 Å². The molecular weight excluding hydrogens is 653 g/mol. The Hall–Kier alpha value is -4.80. The maximum Gasteiger partial charge on any atom is 0.322 e. The van der Waals surface area contributed by atoms with E-state index in [1.807, 2.05) is 0 Å². The number of nitro groups is 1. The number of amides is 4. The molecule has 0 heterocycles. The van der Waals surface area contributed by atoms with Gasteiger partial charge in [-0.3, -0.25) is 38.9 Å². The van der Waals surface area contributed by atoms with Gasteiger partial charge in [-0.15, -0.1) is 0 Å². The summed E-state index contributed by atoms with van der Waals surface area (Å²) in [6, 6.07) is 10.9. The molecular formula is C28H31Cl2N5O11. The summed E-state index contributed by atoms with van der Waals surface area (Å²) >= 11 is 11.2. The van der Waals surface area contributed by atoms with E-state index in [1.54, 1.807) is 30.3 Å². The van der Waals surface area contributed by atoms with E-state index in [-0.39, 0.29) is 17.7 Å². The number of carboxylic acid groups (broad SMARTS) is 1. The fourth-order valence-corrected chi connectivity index (χ4v) is 3.93. The van der Waals surface area contributed by atoms with Crippen LogP contribution in [0.15, 0.2) is 54.6 Å². The van der Waals surface area contributed by atoms with Gasteiger partial charge in [0.05, 0.1) is 23.9 Å². The number of aliphatic hydroxyl groups is 1. The molecule has 0 spiro atoms. The van der Waals surface area contributed by atoms with Crippen LogP contribution in [0.1, 0.15) is 30.1 Å². The highest BCUT2D eigenvalue weighted by atomic mass is 35.5. The van der Waals surface area contributed by atoms with Crippen LogP contribution in [-0.2, 0) is 39.9 Å². The van der Waals surface area contributed by atoms with Gasteiger partial charge in [-0.2, -0.15) is 0 Å². The Bertz CT molecular complexity index is 1390. The Balaban J connectivity index is 1.99. The largest absolute Gasteiger partial charge is 0.480 e. The molecule has 248 valence electrons. The van der Waals surface area contributed by atoms with E-state index in [9.17, 15) is 44.0 Å². The topological polar surface area (TPSA) is 243 Å². The molecule has 0 saturated carbocycles. The van der Waals surface area contributed by atoms with Crippen molar-refractivity contribution in [3.63, 3.8) is 0 Å². The Morgan fingerprint density at radius 3 is 2.09 bits per heavy atom. The fraction of sp³-hybridized carbons (Fsp3) is 0.357. The van der Waals surface area contributed by atoms with Crippen molar-refractivity contribution in [2.75, 3.05) is 19.7 Å². The molecule has 2 rings (SSSR count). The normalized spacial score (nSPS) is 12.6. The Morgan fingerprint density at radius 2 is 1.50 bits per heavy atom. The third-order valence-corrected chi connectivity index (χ3v) is 6.52. The maximum atomic E-state index is 12.8. The molecule has 0 aliphatic rings. The first kappa shape index (κ1) is 37.4. The number of ether oxygens (including phenoxy) is 1. The highest BCUT2D eigenvalue weighted by Gasteiger charge is 2.28. The molecule has 16 nitrogen and oxygen atoms in total. The lowest BCUT2D eigenvalue weighted by Gasteiger charge is -2.24. The van der Waals surface area contributed by atoms with Crippen LogP contribution in [0.4, 0.5) is 5.69 Å². The molecule has 2 aromatic rings. The van der Waals surface area contributed by atoms with Crippen LogP contribution in [0.5, 0.6) is 0 Å². The van der Waals surface area contributed by atoms with Gasteiger partial charge in [0.2, 0.25) is 17.7 Å². The molecule has 0 bridgehead atoms. The first-order valence-corrected chi connectivity index (χ1v) is 14.4. The number of carboxylic acids is 1. The van der Waals surface area contributed by atoms with Crippen LogP contribution in [0.2, 0.25) is 0 Å². The number of benzene rings is 2. The first-order chi connectivity index (χ1) is 21.8. The van der Waals surface area contributed by atoms with E-state index in [0.29, 0.717) is 5.56 Å². The summed E-state index contributed by atoms with van der Waals surface area (Å²) in [5.41, 5.74) is 0.579. The van der Waals surface area contributed by atoms with Gasteiger partial charge in [0.1, 0.15) is 25.3 Å². The predicted octanol–water partition coefficient (Wildman–Crippen LogP) is 0.285. The van der Waals surface area contributed by atoms with Crippen LogP contribution >= 0.6 is 23.2 Å². The van der Waals surface area contributed by atoms with Crippen LogP contribution < -0.4 is 21.3 Å². The zero-order chi connectivity index (χ0) is 34.2. The number of rotatable bonds is 18. The number of hydrogen-bond donors (Lipinski definition) is 6. The number of alkyl halides is 2. The van der Waals surface area contributed by atoms with E-state index >= 15 is 0 Å². The van der Waals surface area contributed by atoms with Gasteiger partial charge in [0.15, 0.2) is 4.84 Å². The number of carbonyl (C=O) groups is 6. The molecule has 4 amide bonds. The number of nitrogens with zero attached hydrogens (tertiary/aromatic N) is 1. The van der Waals surface area contributed by atoms with Crippen molar-refractivity contribution >= 4 is 64.5 Å². The van der Waals surface area contributed by atoms with E-state index in [4.69, 9.17) is 33.0 Å². The number of aliphatic carboxylic acids is 1. The number of nitro benzene ring substituents is 1. The number of non-ortho nitro benzene ring substituents is 1. The average Bonchev–Trinajstić information content (AvgIpc) is 3.03. The van der Waals surface area contributed by atoms with E-state index in [1.165, 1.54) is 12.1 Å². The van der Waals surface area contributed by atoms with Crippen molar-refractivity contribution in [3.05, 3.63) is 75.8 Å². The molecule has 0 fully saturated rings. The number of hydrogen-bond acceptors (Lipinski definition) is 10. The second kappa shape index (κ2) is 18.9. The minimum absolute atomic E-state index is 0.0314. The summed E-state index contributed by atoms with van der Waals surface area (Å²) in [5, 5.41) is 39.6. The molecule has 3 atom stereocenters. The highest BCUT2D eigenvalue weighted by Crippen LogP contribution is 2.21. The Morgan fingerprint density at radius 1 is 0.848 bits per heavy atom. The quantitative estimate of drug-likeness (QED) is 0.0539. The third-order valence-electron chi connectivity index (χ3n) is 6.13. The third kappa shape index (κ3) is 13.5. The van der Waals surface area contributed by atoms with E-state index in [0.717, 1.165) is 12.1 Å². The van der Waals surface area contributed by atoms with Gasteiger partial charge in [0, 0.05) is 25.0 Å². The van der Waals surface area contributed by atoms with Crippen LogP contribution in [-0.4, -0.2) is 87.3 Å². The van der Waals surface area contributed by atoms with Gasteiger partial charge in [-0.25, -0.2) is 0 Å². The number of aliphatic hydroxyl groups excluding tert-OH is 1. The molecule has 2 aromatic carbocycles. The standard InChI is InChI=1S/C28H31Cl2N5O11/c29-26(30)28(43)34-20(25(41)17-6-8-18(9-7-17)35(44)45)15-46-24(40)11-10-21(36)33-19(12-16-4-2-1-3-5-16)27(42)32-13-22(37)31-14-23(38)39/h1-9,19-20,25-26,41H,10-15H2,(H,31,37)(H,32,42)(H,33,36)(H,34,43)(H,38,39)/t19-,20+,25+/m0/s1.